The Labute approximate surface area is 173 Å². The number of nitrogens with zero attached hydrogens (tertiary/aromatic N) is 2. The Kier molecular flexibility index (Phi) is 5.06. The molecule has 2 amide bonds. The van der Waals surface area contributed by atoms with Gasteiger partial charge in [0.15, 0.2) is 0 Å². The molecular formula is C24H19FN2O3. The molecule has 0 saturated heterocycles. The molecule has 5 nitrogen and oxygen atoms in total. The number of likely N-dealkylation sites (N-methyl/N-ethyl adjacent to an activating group) is 1. The van der Waals surface area contributed by atoms with E-state index in [1.807, 2.05) is 30.3 Å². The zero-order chi connectivity index (χ0) is 21.3. The second-order valence-corrected chi connectivity index (χ2v) is 6.74. The average molecular weight is 402 g/mol. The van der Waals surface area contributed by atoms with Crippen molar-refractivity contribution in [3.63, 3.8) is 0 Å². The number of halogens is 1. The third-order valence-corrected chi connectivity index (χ3v) is 5.01. The Hall–Kier alpha value is -3.93. The molecule has 6 heteroatoms. The number of para-hydroxylation sites is 2. The standard InChI is InChI=1S/C24H19FN2O3/c1-26(17-8-4-3-5-9-17)22-21(16-12-14-18(30-2)15-13-16)23(28)27(24(22)29)20-11-7-6-10-19(20)25/h3-15H,1-2H3. The van der Waals surface area contributed by atoms with Crippen molar-refractivity contribution in [2.24, 2.45) is 0 Å². The number of carbonyl (C=O) groups is 2. The zero-order valence-electron chi connectivity index (χ0n) is 16.5. The quantitative estimate of drug-likeness (QED) is 0.599. The van der Waals surface area contributed by atoms with E-state index >= 15 is 0 Å². The molecule has 0 bridgehead atoms. The van der Waals surface area contributed by atoms with Gasteiger partial charge < -0.3 is 9.64 Å². The van der Waals surface area contributed by atoms with E-state index in [0.29, 0.717) is 11.3 Å². The maximum atomic E-state index is 14.5. The molecule has 0 aliphatic carbocycles. The number of methoxy groups -OCH3 is 1. The summed E-state index contributed by atoms with van der Waals surface area (Å²) >= 11 is 0. The second-order valence-electron chi connectivity index (χ2n) is 6.74. The first-order valence-corrected chi connectivity index (χ1v) is 9.33. The van der Waals surface area contributed by atoms with Crippen LogP contribution in [0.25, 0.3) is 5.57 Å². The first-order chi connectivity index (χ1) is 14.5. The van der Waals surface area contributed by atoms with Crippen molar-refractivity contribution in [2.75, 3.05) is 24.0 Å². The van der Waals surface area contributed by atoms with Crippen molar-refractivity contribution in [1.82, 2.24) is 0 Å². The lowest BCUT2D eigenvalue weighted by atomic mass is 10.0. The van der Waals surface area contributed by atoms with Gasteiger partial charge in [-0.05, 0) is 42.0 Å². The number of hydrogen-bond donors (Lipinski definition) is 0. The smallest absolute Gasteiger partial charge is 0.282 e. The van der Waals surface area contributed by atoms with Gasteiger partial charge in [0.25, 0.3) is 11.8 Å². The van der Waals surface area contributed by atoms with E-state index in [1.165, 1.54) is 18.2 Å². The predicted molar refractivity (Wildman–Crippen MR) is 114 cm³/mol. The number of benzene rings is 3. The molecule has 30 heavy (non-hydrogen) atoms. The molecule has 0 aromatic heterocycles. The highest BCUT2D eigenvalue weighted by Gasteiger charge is 2.43. The molecule has 3 aromatic rings. The molecule has 1 aliphatic heterocycles. The summed E-state index contributed by atoms with van der Waals surface area (Å²) in [5.41, 5.74) is 1.59. The minimum atomic E-state index is -0.642. The average Bonchev–Trinajstić information content (AvgIpc) is 3.04. The molecule has 0 saturated carbocycles. The zero-order valence-corrected chi connectivity index (χ0v) is 16.5. The fourth-order valence-electron chi connectivity index (χ4n) is 3.48. The van der Waals surface area contributed by atoms with Crippen LogP contribution in [0.5, 0.6) is 5.75 Å². The second kappa shape index (κ2) is 7.83. The van der Waals surface area contributed by atoms with Gasteiger partial charge in [0, 0.05) is 12.7 Å². The highest BCUT2D eigenvalue weighted by atomic mass is 19.1. The Balaban J connectivity index is 1.88. The van der Waals surface area contributed by atoms with Gasteiger partial charge in [0.2, 0.25) is 0 Å². The van der Waals surface area contributed by atoms with Gasteiger partial charge in [-0.2, -0.15) is 0 Å². The SMILES string of the molecule is COc1ccc(C2=C(N(C)c3ccccc3)C(=O)N(c3ccccc3F)C2=O)cc1. The molecule has 4 rings (SSSR count). The van der Waals surface area contributed by atoms with Crippen molar-refractivity contribution in [3.8, 4) is 5.75 Å². The molecule has 3 aromatic carbocycles. The van der Waals surface area contributed by atoms with Gasteiger partial charge in [-0.25, -0.2) is 9.29 Å². The number of ether oxygens (including phenoxy) is 1. The molecule has 1 aliphatic rings. The predicted octanol–water partition coefficient (Wildman–Crippen LogP) is 4.26. The molecule has 0 spiro atoms. The molecule has 0 unspecified atom stereocenters. The van der Waals surface area contributed by atoms with E-state index in [4.69, 9.17) is 4.74 Å². The lowest BCUT2D eigenvalue weighted by Gasteiger charge is -2.21. The van der Waals surface area contributed by atoms with Gasteiger partial charge in [0.1, 0.15) is 17.3 Å². The number of anilines is 2. The summed E-state index contributed by atoms with van der Waals surface area (Å²) < 4.78 is 19.7. The summed E-state index contributed by atoms with van der Waals surface area (Å²) in [7, 11) is 3.26. The number of carbonyl (C=O) groups excluding carboxylic acids is 2. The van der Waals surface area contributed by atoms with E-state index < -0.39 is 17.6 Å². The summed E-state index contributed by atoms with van der Waals surface area (Å²) in [6, 6.07) is 21.8. The van der Waals surface area contributed by atoms with E-state index in [9.17, 15) is 14.0 Å². The first kappa shape index (κ1) is 19.4. The summed E-state index contributed by atoms with van der Waals surface area (Å²) in [4.78, 5) is 29.3. The highest BCUT2D eigenvalue weighted by Crippen LogP contribution is 2.37. The van der Waals surface area contributed by atoms with Gasteiger partial charge >= 0.3 is 0 Å². The normalized spacial score (nSPS) is 13.8. The number of amides is 2. The first-order valence-electron chi connectivity index (χ1n) is 9.33. The largest absolute Gasteiger partial charge is 0.497 e. The van der Waals surface area contributed by atoms with Crippen LogP contribution in [0.3, 0.4) is 0 Å². The number of hydrogen-bond acceptors (Lipinski definition) is 4. The van der Waals surface area contributed by atoms with Gasteiger partial charge in [0.05, 0.1) is 18.4 Å². The van der Waals surface area contributed by atoms with Gasteiger partial charge in [-0.15, -0.1) is 0 Å². The summed E-state index contributed by atoms with van der Waals surface area (Å²) in [5.74, 6) is -1.17. The third-order valence-electron chi connectivity index (χ3n) is 5.01. The van der Waals surface area contributed by atoms with Crippen molar-refractivity contribution in [2.45, 2.75) is 0 Å². The van der Waals surface area contributed by atoms with Crippen molar-refractivity contribution in [1.29, 1.82) is 0 Å². The minimum absolute atomic E-state index is 0.0741. The molecule has 0 radical (unpaired) electrons. The molecule has 0 fully saturated rings. The topological polar surface area (TPSA) is 49.9 Å². The molecule has 1 heterocycles. The van der Waals surface area contributed by atoms with Gasteiger partial charge in [-0.3, -0.25) is 9.59 Å². The minimum Gasteiger partial charge on any atom is -0.497 e. The number of rotatable bonds is 5. The van der Waals surface area contributed by atoms with Crippen molar-refractivity contribution < 1.29 is 18.7 Å². The van der Waals surface area contributed by atoms with Crippen LogP contribution < -0.4 is 14.5 Å². The maximum absolute atomic E-state index is 14.5. The Morgan fingerprint density at radius 1 is 0.833 bits per heavy atom. The van der Waals surface area contributed by atoms with Crippen LogP contribution in [0.2, 0.25) is 0 Å². The van der Waals surface area contributed by atoms with Crippen molar-refractivity contribution >= 4 is 28.8 Å². The molecule has 150 valence electrons. The Bertz CT molecular complexity index is 1140. The molecule has 0 atom stereocenters. The van der Waals surface area contributed by atoms with Crippen LogP contribution in [-0.4, -0.2) is 26.0 Å². The maximum Gasteiger partial charge on any atom is 0.282 e. The van der Waals surface area contributed by atoms with E-state index in [0.717, 1.165) is 10.6 Å². The van der Waals surface area contributed by atoms with Crippen LogP contribution in [-0.2, 0) is 9.59 Å². The van der Waals surface area contributed by atoms with E-state index in [2.05, 4.69) is 0 Å². The highest BCUT2D eigenvalue weighted by molar-refractivity contribution is 6.46. The Morgan fingerprint density at radius 3 is 2.10 bits per heavy atom. The monoisotopic (exact) mass is 402 g/mol. The van der Waals surface area contributed by atoms with Gasteiger partial charge in [-0.1, -0.05) is 42.5 Å². The van der Waals surface area contributed by atoms with E-state index in [1.54, 1.807) is 49.4 Å². The molecular weight excluding hydrogens is 383 g/mol. The van der Waals surface area contributed by atoms with Crippen LogP contribution in [0.1, 0.15) is 5.56 Å². The van der Waals surface area contributed by atoms with Crippen LogP contribution >= 0.6 is 0 Å². The summed E-state index contributed by atoms with van der Waals surface area (Å²) in [5, 5.41) is 0. The third kappa shape index (κ3) is 3.22. The van der Waals surface area contributed by atoms with Crippen LogP contribution in [0, 0.1) is 5.82 Å². The van der Waals surface area contributed by atoms with Crippen LogP contribution in [0.15, 0.2) is 84.6 Å². The van der Waals surface area contributed by atoms with Crippen LogP contribution in [0.4, 0.5) is 15.8 Å². The molecule has 0 N–H and O–H groups in total. The summed E-state index contributed by atoms with van der Waals surface area (Å²) in [6.45, 7) is 0. The van der Waals surface area contributed by atoms with Crippen molar-refractivity contribution in [3.05, 3.63) is 95.9 Å². The Morgan fingerprint density at radius 2 is 1.47 bits per heavy atom. The fourth-order valence-corrected chi connectivity index (χ4v) is 3.48. The number of imide groups is 1. The fraction of sp³-hybridized carbons (Fsp3) is 0.0833. The summed E-state index contributed by atoms with van der Waals surface area (Å²) in [6.07, 6.45) is 0. The lowest BCUT2D eigenvalue weighted by molar-refractivity contribution is -0.120. The lowest BCUT2D eigenvalue weighted by Crippen LogP contribution is -2.34. The van der Waals surface area contributed by atoms with E-state index in [-0.39, 0.29) is 17.0 Å².